The molecule has 176 valence electrons. The summed E-state index contributed by atoms with van der Waals surface area (Å²) in [7, 11) is -3.13. The van der Waals surface area contributed by atoms with E-state index in [1.54, 1.807) is 0 Å². The number of likely N-dealkylation sites (tertiary alicyclic amines) is 1. The van der Waals surface area contributed by atoms with Crippen molar-refractivity contribution < 1.29 is 36.2 Å². The number of carbonyl (C=O) groups is 1. The van der Waals surface area contributed by atoms with Crippen molar-refractivity contribution >= 4 is 16.0 Å². The molecule has 0 aromatic heterocycles. The number of sulfonamides is 1. The zero-order valence-corrected chi connectivity index (χ0v) is 18.4. The van der Waals surface area contributed by atoms with Gasteiger partial charge < -0.3 is 9.84 Å². The third-order valence-electron chi connectivity index (χ3n) is 5.60. The van der Waals surface area contributed by atoms with Gasteiger partial charge in [-0.3, -0.25) is 4.90 Å². The Morgan fingerprint density at radius 2 is 1.94 bits per heavy atom. The molecule has 1 aromatic carbocycles. The third-order valence-corrected chi connectivity index (χ3v) is 6.33. The van der Waals surface area contributed by atoms with E-state index in [1.165, 1.54) is 17.4 Å². The largest absolute Gasteiger partial charge is 0.490 e. The van der Waals surface area contributed by atoms with E-state index in [2.05, 4.69) is 40.8 Å². The van der Waals surface area contributed by atoms with Crippen LogP contribution in [0.15, 0.2) is 24.3 Å². The molecule has 0 spiro atoms. The Morgan fingerprint density at radius 1 is 1.32 bits per heavy atom. The maximum atomic E-state index is 11.3. The molecule has 2 atom stereocenters. The van der Waals surface area contributed by atoms with Gasteiger partial charge in [-0.15, -0.1) is 0 Å². The van der Waals surface area contributed by atoms with Crippen LogP contribution in [0.1, 0.15) is 30.4 Å². The highest BCUT2D eigenvalue weighted by molar-refractivity contribution is 7.88. The molecule has 0 amide bonds. The first kappa shape index (κ1) is 25.6. The van der Waals surface area contributed by atoms with Crippen molar-refractivity contribution in [2.24, 2.45) is 5.41 Å². The van der Waals surface area contributed by atoms with E-state index in [-0.39, 0.29) is 11.5 Å². The molecular weight excluding hydrogens is 437 g/mol. The third kappa shape index (κ3) is 8.06. The number of alkyl halides is 3. The van der Waals surface area contributed by atoms with Gasteiger partial charge in [-0.25, -0.2) is 17.9 Å². The minimum atomic E-state index is -5.08. The fraction of sp³-hybridized carbons (Fsp3) is 0.650. The highest BCUT2D eigenvalue weighted by Crippen LogP contribution is 2.43. The van der Waals surface area contributed by atoms with Gasteiger partial charge in [0.1, 0.15) is 0 Å². The highest BCUT2D eigenvalue weighted by Gasteiger charge is 2.47. The number of nitrogens with zero attached hydrogens (tertiary/aromatic N) is 1. The van der Waals surface area contributed by atoms with Crippen LogP contribution >= 0.6 is 0 Å². The number of halogens is 3. The Hall–Kier alpha value is -1.69. The maximum absolute atomic E-state index is 11.3. The molecule has 0 aliphatic carbocycles. The molecule has 2 N–H and O–H groups in total. The Balaban J connectivity index is 0.000000423. The van der Waals surface area contributed by atoms with E-state index in [0.717, 1.165) is 45.5 Å². The van der Waals surface area contributed by atoms with Gasteiger partial charge in [0, 0.05) is 38.2 Å². The molecule has 7 nitrogen and oxygen atoms in total. The summed E-state index contributed by atoms with van der Waals surface area (Å²) < 4.78 is 63.0. The smallest absolute Gasteiger partial charge is 0.475 e. The molecule has 3 rings (SSSR count). The second-order valence-corrected chi connectivity index (χ2v) is 10.0. The summed E-state index contributed by atoms with van der Waals surface area (Å²) in [5.41, 5.74) is 2.70. The lowest BCUT2D eigenvalue weighted by Gasteiger charge is -2.44. The number of piperidine rings is 1. The van der Waals surface area contributed by atoms with Gasteiger partial charge in [0.15, 0.2) is 0 Å². The van der Waals surface area contributed by atoms with Crippen molar-refractivity contribution in [1.82, 2.24) is 9.62 Å². The molecule has 0 saturated carbocycles. The van der Waals surface area contributed by atoms with E-state index in [1.807, 2.05) is 0 Å². The van der Waals surface area contributed by atoms with Crippen LogP contribution in [-0.4, -0.2) is 69.2 Å². The van der Waals surface area contributed by atoms with Gasteiger partial charge >= 0.3 is 12.1 Å². The number of aryl methyl sites for hydroxylation is 1. The highest BCUT2D eigenvalue weighted by atomic mass is 32.2. The zero-order chi connectivity index (χ0) is 23.3. The van der Waals surface area contributed by atoms with Crippen LogP contribution in [0.3, 0.4) is 0 Å². The minimum Gasteiger partial charge on any atom is -0.475 e. The molecule has 2 heterocycles. The van der Waals surface area contributed by atoms with Gasteiger partial charge in [-0.1, -0.05) is 29.8 Å². The van der Waals surface area contributed by atoms with Crippen LogP contribution in [-0.2, 0) is 26.1 Å². The summed E-state index contributed by atoms with van der Waals surface area (Å²) in [4.78, 5) is 11.4. The average molecular weight is 467 g/mol. The fourth-order valence-corrected chi connectivity index (χ4v) is 4.55. The number of ether oxygens (including phenoxy) is 1. The van der Waals surface area contributed by atoms with Crippen LogP contribution in [0.5, 0.6) is 0 Å². The average Bonchev–Trinajstić information content (AvgIpc) is 3.05. The summed E-state index contributed by atoms with van der Waals surface area (Å²) in [6, 6.07) is 8.72. The molecule has 0 radical (unpaired) electrons. The Kier molecular flexibility index (Phi) is 8.48. The topological polar surface area (TPSA) is 95.9 Å². The van der Waals surface area contributed by atoms with Crippen LogP contribution < -0.4 is 4.72 Å². The van der Waals surface area contributed by atoms with Gasteiger partial charge in [0.05, 0.1) is 12.4 Å². The lowest BCUT2D eigenvalue weighted by Crippen LogP contribution is -2.50. The lowest BCUT2D eigenvalue weighted by atomic mass is 9.74. The van der Waals surface area contributed by atoms with E-state index in [0.29, 0.717) is 6.54 Å². The number of carboxylic acid groups (broad SMARTS) is 1. The molecule has 11 heteroatoms. The fourth-order valence-electron chi connectivity index (χ4n) is 4.07. The monoisotopic (exact) mass is 466 g/mol. The van der Waals surface area contributed by atoms with Crippen molar-refractivity contribution in [3.63, 3.8) is 0 Å². The quantitative estimate of drug-likeness (QED) is 0.669. The van der Waals surface area contributed by atoms with Gasteiger partial charge in [-0.2, -0.15) is 13.2 Å². The van der Waals surface area contributed by atoms with E-state index in [4.69, 9.17) is 14.6 Å². The van der Waals surface area contributed by atoms with E-state index in [9.17, 15) is 21.6 Å². The number of benzene rings is 1. The minimum absolute atomic E-state index is 0.0840. The number of rotatable bonds is 6. The first-order valence-electron chi connectivity index (χ1n) is 9.95. The Labute approximate surface area is 180 Å². The van der Waals surface area contributed by atoms with Crippen LogP contribution in [0.4, 0.5) is 13.2 Å². The van der Waals surface area contributed by atoms with Crippen molar-refractivity contribution in [2.45, 2.75) is 45.0 Å². The molecule has 31 heavy (non-hydrogen) atoms. The van der Waals surface area contributed by atoms with Gasteiger partial charge in [0.25, 0.3) is 0 Å². The van der Waals surface area contributed by atoms with Crippen LogP contribution in [0, 0.1) is 12.3 Å². The molecule has 2 aliphatic heterocycles. The van der Waals surface area contributed by atoms with Crippen molar-refractivity contribution in [2.75, 3.05) is 32.5 Å². The number of fused-ring (bicyclic) bond motifs is 1. The summed E-state index contributed by atoms with van der Waals surface area (Å²) >= 11 is 0. The normalized spacial score (nSPS) is 24.2. The van der Waals surface area contributed by atoms with Gasteiger partial charge in [-0.05, 0) is 31.7 Å². The molecule has 2 aliphatic rings. The second-order valence-electron chi connectivity index (χ2n) is 8.18. The number of aliphatic carboxylic acids is 1. The number of carboxylic acids is 1. The Bertz CT molecular complexity index is 845. The van der Waals surface area contributed by atoms with Gasteiger partial charge in [0.2, 0.25) is 10.0 Å². The lowest BCUT2D eigenvalue weighted by molar-refractivity contribution is -0.192. The summed E-state index contributed by atoms with van der Waals surface area (Å²) in [6.45, 7) is 6.37. The zero-order valence-electron chi connectivity index (χ0n) is 17.6. The first-order chi connectivity index (χ1) is 14.3. The van der Waals surface area contributed by atoms with Crippen molar-refractivity contribution in [3.8, 4) is 0 Å². The number of hydrogen-bond donors (Lipinski definition) is 2. The van der Waals surface area contributed by atoms with Crippen LogP contribution in [0.25, 0.3) is 0 Å². The standard InChI is InChI=1S/C18H28N2O3S.C2HF3O2/c1-15-3-5-16(6-4-15)13-20-11-7-17-18(14-20,9-12-23-17)8-10-19-24(2,21)22;3-2(4,5)1(6)7/h3-6,17,19H,7-14H2,1-2H3;(H,6,7)/t17-,18+;/m1./s1. The predicted molar refractivity (Wildman–Crippen MR) is 109 cm³/mol. The van der Waals surface area contributed by atoms with E-state index >= 15 is 0 Å². The predicted octanol–water partition coefficient (Wildman–Crippen LogP) is 2.55. The summed E-state index contributed by atoms with van der Waals surface area (Å²) in [5, 5.41) is 7.12. The molecule has 0 unspecified atom stereocenters. The molecule has 1 aromatic rings. The molecular formula is C20H29F3N2O5S. The molecule has 0 bridgehead atoms. The number of nitrogens with one attached hydrogen (secondary N) is 1. The van der Waals surface area contributed by atoms with Crippen molar-refractivity contribution in [3.05, 3.63) is 35.4 Å². The Morgan fingerprint density at radius 3 is 2.48 bits per heavy atom. The number of hydrogen-bond acceptors (Lipinski definition) is 5. The first-order valence-corrected chi connectivity index (χ1v) is 11.8. The summed E-state index contributed by atoms with van der Waals surface area (Å²) in [6.07, 6.45) is -0.696. The summed E-state index contributed by atoms with van der Waals surface area (Å²) in [5.74, 6) is -2.76. The second kappa shape index (κ2) is 10.3. The van der Waals surface area contributed by atoms with Crippen LogP contribution in [0.2, 0.25) is 0 Å². The maximum Gasteiger partial charge on any atom is 0.490 e. The van der Waals surface area contributed by atoms with Crippen molar-refractivity contribution in [1.29, 1.82) is 0 Å². The SMILES string of the molecule is Cc1ccc(CN2CC[C@H]3OCC[C@@]3(CCNS(C)(=O)=O)C2)cc1.O=C(O)C(F)(F)F. The molecule has 2 fully saturated rings. The molecule has 2 saturated heterocycles. The van der Waals surface area contributed by atoms with E-state index < -0.39 is 22.2 Å².